The molecule has 0 unspecified atom stereocenters. The second-order valence-electron chi connectivity index (χ2n) is 3.51. The van der Waals surface area contributed by atoms with Gasteiger partial charge in [-0.25, -0.2) is 0 Å². The first-order chi connectivity index (χ1) is 8.67. The Balaban J connectivity index is 2.40. The molecule has 0 N–H and O–H groups in total. The van der Waals surface area contributed by atoms with Gasteiger partial charge in [0.2, 0.25) is 5.22 Å². The molecule has 2 rings (SSSR count). The molecule has 0 amide bonds. The molecular formula is C13H11ClO4. The molecule has 0 aliphatic rings. The summed E-state index contributed by atoms with van der Waals surface area (Å²) >= 11 is 5.77. The number of methoxy groups -OCH3 is 2. The van der Waals surface area contributed by atoms with Gasteiger partial charge >= 0.3 is 0 Å². The first-order valence-corrected chi connectivity index (χ1v) is 5.55. The standard InChI is InChI=1S/C13H11ClO4/c1-16-10-4-3-8(7-11(10)17-2)12(15)9-5-6-18-13(9)14/h3-7H,1-2H3. The van der Waals surface area contributed by atoms with Crippen LogP contribution in [0.5, 0.6) is 11.5 Å². The summed E-state index contributed by atoms with van der Waals surface area (Å²) in [6.07, 6.45) is 1.37. The molecule has 2 aromatic rings. The maximum atomic E-state index is 12.2. The smallest absolute Gasteiger partial charge is 0.204 e. The SMILES string of the molecule is COc1ccc(C(=O)c2ccoc2Cl)cc1OC. The van der Waals surface area contributed by atoms with Gasteiger partial charge in [-0.2, -0.15) is 0 Å². The molecule has 1 aromatic carbocycles. The van der Waals surface area contributed by atoms with E-state index in [2.05, 4.69) is 0 Å². The van der Waals surface area contributed by atoms with Crippen molar-refractivity contribution in [3.05, 3.63) is 46.9 Å². The molecule has 0 aliphatic heterocycles. The van der Waals surface area contributed by atoms with E-state index in [1.165, 1.54) is 26.5 Å². The summed E-state index contributed by atoms with van der Waals surface area (Å²) in [5, 5.41) is 0.0785. The van der Waals surface area contributed by atoms with Crippen LogP contribution in [0.2, 0.25) is 5.22 Å². The highest BCUT2D eigenvalue weighted by molar-refractivity contribution is 6.33. The van der Waals surface area contributed by atoms with Gasteiger partial charge in [-0.15, -0.1) is 0 Å². The summed E-state index contributed by atoms with van der Waals surface area (Å²) in [6.45, 7) is 0. The molecule has 1 heterocycles. The van der Waals surface area contributed by atoms with Crippen LogP contribution in [-0.4, -0.2) is 20.0 Å². The van der Waals surface area contributed by atoms with E-state index in [1.54, 1.807) is 18.2 Å². The number of carbonyl (C=O) groups is 1. The Labute approximate surface area is 109 Å². The van der Waals surface area contributed by atoms with Crippen molar-refractivity contribution in [2.24, 2.45) is 0 Å². The highest BCUT2D eigenvalue weighted by atomic mass is 35.5. The summed E-state index contributed by atoms with van der Waals surface area (Å²) < 4.78 is 15.1. The van der Waals surface area contributed by atoms with E-state index in [0.717, 1.165) is 0 Å². The van der Waals surface area contributed by atoms with E-state index in [1.807, 2.05) is 0 Å². The van der Waals surface area contributed by atoms with Crippen molar-refractivity contribution in [3.63, 3.8) is 0 Å². The number of ether oxygens (including phenoxy) is 2. The Hall–Kier alpha value is -1.94. The van der Waals surface area contributed by atoms with Crippen molar-refractivity contribution in [2.45, 2.75) is 0 Å². The number of hydrogen-bond donors (Lipinski definition) is 0. The van der Waals surface area contributed by atoms with Gasteiger partial charge in [0.05, 0.1) is 26.0 Å². The van der Waals surface area contributed by atoms with Gasteiger partial charge in [0.1, 0.15) is 0 Å². The Morgan fingerprint density at radius 3 is 2.44 bits per heavy atom. The third kappa shape index (κ3) is 2.19. The maximum Gasteiger partial charge on any atom is 0.204 e. The Kier molecular flexibility index (Phi) is 3.58. The first-order valence-electron chi connectivity index (χ1n) is 5.17. The van der Waals surface area contributed by atoms with Crippen molar-refractivity contribution in [1.29, 1.82) is 0 Å². The lowest BCUT2D eigenvalue weighted by Gasteiger charge is -2.08. The van der Waals surface area contributed by atoms with E-state index in [-0.39, 0.29) is 11.0 Å². The van der Waals surface area contributed by atoms with E-state index >= 15 is 0 Å². The molecule has 0 atom stereocenters. The van der Waals surface area contributed by atoms with Crippen LogP contribution in [0.15, 0.2) is 34.9 Å². The topological polar surface area (TPSA) is 48.7 Å². The number of rotatable bonds is 4. The molecule has 18 heavy (non-hydrogen) atoms. The normalized spacial score (nSPS) is 10.2. The first kappa shape index (κ1) is 12.5. The lowest BCUT2D eigenvalue weighted by Crippen LogP contribution is -2.01. The van der Waals surface area contributed by atoms with Crippen LogP contribution in [0.25, 0.3) is 0 Å². The van der Waals surface area contributed by atoms with Crippen LogP contribution < -0.4 is 9.47 Å². The molecule has 0 bridgehead atoms. The van der Waals surface area contributed by atoms with Crippen LogP contribution >= 0.6 is 11.6 Å². The molecule has 0 aliphatic carbocycles. The molecule has 0 fully saturated rings. The Morgan fingerprint density at radius 2 is 1.89 bits per heavy atom. The number of carbonyl (C=O) groups excluding carboxylic acids is 1. The number of benzene rings is 1. The number of ketones is 1. The van der Waals surface area contributed by atoms with Crippen LogP contribution in [0.3, 0.4) is 0 Å². The molecule has 5 heteroatoms. The predicted molar refractivity (Wildman–Crippen MR) is 66.7 cm³/mol. The minimum Gasteiger partial charge on any atom is -0.493 e. The van der Waals surface area contributed by atoms with Crippen LogP contribution in [-0.2, 0) is 0 Å². The third-order valence-corrected chi connectivity index (χ3v) is 2.80. The van der Waals surface area contributed by atoms with Crippen LogP contribution in [0.1, 0.15) is 15.9 Å². The van der Waals surface area contributed by atoms with E-state index in [9.17, 15) is 4.79 Å². The molecule has 94 valence electrons. The fraction of sp³-hybridized carbons (Fsp3) is 0.154. The lowest BCUT2D eigenvalue weighted by molar-refractivity contribution is 0.103. The average molecular weight is 267 g/mol. The van der Waals surface area contributed by atoms with E-state index in [0.29, 0.717) is 22.6 Å². The van der Waals surface area contributed by atoms with Crippen molar-refractivity contribution >= 4 is 17.4 Å². The van der Waals surface area contributed by atoms with Crippen molar-refractivity contribution < 1.29 is 18.7 Å². The van der Waals surface area contributed by atoms with Gasteiger partial charge in [0, 0.05) is 5.56 Å². The molecule has 0 saturated heterocycles. The molecule has 0 saturated carbocycles. The molecule has 4 nitrogen and oxygen atoms in total. The zero-order valence-electron chi connectivity index (χ0n) is 9.90. The number of hydrogen-bond acceptors (Lipinski definition) is 4. The quantitative estimate of drug-likeness (QED) is 0.798. The van der Waals surface area contributed by atoms with E-state index in [4.69, 9.17) is 25.5 Å². The fourth-order valence-corrected chi connectivity index (χ4v) is 1.79. The highest BCUT2D eigenvalue weighted by Gasteiger charge is 2.17. The van der Waals surface area contributed by atoms with Gasteiger partial charge < -0.3 is 13.9 Å². The van der Waals surface area contributed by atoms with Gasteiger partial charge in [0.25, 0.3) is 0 Å². The Morgan fingerprint density at radius 1 is 1.17 bits per heavy atom. The summed E-state index contributed by atoms with van der Waals surface area (Å²) in [5.41, 5.74) is 0.778. The summed E-state index contributed by atoms with van der Waals surface area (Å²) in [6, 6.07) is 6.44. The van der Waals surface area contributed by atoms with Crippen LogP contribution in [0, 0.1) is 0 Å². The summed E-state index contributed by atoms with van der Waals surface area (Å²) in [5.74, 6) is 0.824. The van der Waals surface area contributed by atoms with Gasteiger partial charge in [-0.05, 0) is 35.9 Å². The largest absolute Gasteiger partial charge is 0.493 e. The maximum absolute atomic E-state index is 12.2. The second kappa shape index (κ2) is 5.14. The monoisotopic (exact) mass is 266 g/mol. The number of halogens is 1. The minimum atomic E-state index is -0.227. The van der Waals surface area contributed by atoms with Crippen LogP contribution in [0.4, 0.5) is 0 Å². The van der Waals surface area contributed by atoms with Crippen molar-refractivity contribution in [3.8, 4) is 11.5 Å². The number of furan rings is 1. The van der Waals surface area contributed by atoms with Gasteiger partial charge in [0.15, 0.2) is 17.3 Å². The molecule has 0 spiro atoms. The zero-order valence-corrected chi connectivity index (χ0v) is 10.7. The molecular weight excluding hydrogens is 256 g/mol. The average Bonchev–Trinajstić information content (AvgIpc) is 2.83. The van der Waals surface area contributed by atoms with Crippen molar-refractivity contribution in [2.75, 3.05) is 14.2 Å². The Bertz CT molecular complexity index is 574. The summed E-state index contributed by atoms with van der Waals surface area (Å²) in [4.78, 5) is 12.2. The highest BCUT2D eigenvalue weighted by Crippen LogP contribution is 2.29. The van der Waals surface area contributed by atoms with Crippen molar-refractivity contribution in [1.82, 2.24) is 0 Å². The third-order valence-electron chi connectivity index (χ3n) is 2.51. The summed E-state index contributed by atoms with van der Waals surface area (Å²) in [7, 11) is 3.04. The molecule has 0 radical (unpaired) electrons. The van der Waals surface area contributed by atoms with Gasteiger partial charge in [-0.3, -0.25) is 4.79 Å². The zero-order chi connectivity index (χ0) is 13.1. The minimum absolute atomic E-state index is 0.0785. The van der Waals surface area contributed by atoms with Gasteiger partial charge in [-0.1, -0.05) is 0 Å². The lowest BCUT2D eigenvalue weighted by atomic mass is 10.1. The molecule has 1 aromatic heterocycles. The fourth-order valence-electron chi connectivity index (χ4n) is 1.59. The second-order valence-corrected chi connectivity index (χ2v) is 3.85. The van der Waals surface area contributed by atoms with E-state index < -0.39 is 0 Å². The predicted octanol–water partition coefficient (Wildman–Crippen LogP) is 3.18.